The monoisotopic (exact) mass is 287 g/mol. The Labute approximate surface area is 110 Å². The summed E-state index contributed by atoms with van der Waals surface area (Å²) >= 11 is 0. The average molecular weight is 287 g/mol. The standard InChI is InChI=1S/C10H13N3O5S/c1-7(11-15)8-4-3-5-9(6-8)12-19(16,17)13-10(14)18-2/h3-6,12,15H,1-2H3,(H,13,14)/b11-7+. The lowest BCUT2D eigenvalue weighted by Crippen LogP contribution is -2.35. The maximum Gasteiger partial charge on any atom is 0.422 e. The summed E-state index contributed by atoms with van der Waals surface area (Å²) in [7, 11) is -3.02. The fraction of sp³-hybridized carbons (Fsp3) is 0.200. The summed E-state index contributed by atoms with van der Waals surface area (Å²) in [6, 6.07) is 6.14. The van der Waals surface area contributed by atoms with E-state index in [0.29, 0.717) is 11.3 Å². The number of hydrogen-bond acceptors (Lipinski definition) is 6. The fourth-order valence-electron chi connectivity index (χ4n) is 1.20. The maximum absolute atomic E-state index is 11.5. The molecule has 19 heavy (non-hydrogen) atoms. The van der Waals surface area contributed by atoms with Crippen LogP contribution in [-0.4, -0.2) is 32.5 Å². The number of rotatable bonds is 4. The van der Waals surface area contributed by atoms with E-state index in [0.717, 1.165) is 7.11 Å². The highest BCUT2D eigenvalue weighted by Crippen LogP contribution is 2.12. The van der Waals surface area contributed by atoms with Gasteiger partial charge in [-0.15, -0.1) is 0 Å². The highest BCUT2D eigenvalue weighted by atomic mass is 32.2. The van der Waals surface area contributed by atoms with Crippen molar-refractivity contribution in [2.24, 2.45) is 5.16 Å². The number of amides is 1. The first-order chi connectivity index (χ1) is 8.88. The van der Waals surface area contributed by atoms with Crippen LogP contribution in [0.4, 0.5) is 10.5 Å². The smallest absolute Gasteiger partial charge is 0.422 e. The van der Waals surface area contributed by atoms with E-state index >= 15 is 0 Å². The minimum atomic E-state index is -4.07. The second-order valence-corrected chi connectivity index (χ2v) is 4.88. The van der Waals surface area contributed by atoms with Crippen LogP contribution in [-0.2, 0) is 14.9 Å². The Morgan fingerprint density at radius 2 is 2.11 bits per heavy atom. The Bertz CT molecular complexity index is 597. The van der Waals surface area contributed by atoms with Crippen LogP contribution in [0, 0.1) is 0 Å². The molecule has 0 unspecified atom stereocenters. The van der Waals surface area contributed by atoms with Crippen molar-refractivity contribution in [1.29, 1.82) is 0 Å². The molecule has 0 aromatic heterocycles. The number of ether oxygens (including phenoxy) is 1. The van der Waals surface area contributed by atoms with Gasteiger partial charge in [0.15, 0.2) is 0 Å². The molecule has 1 rings (SSSR count). The molecule has 1 aromatic rings. The molecule has 0 saturated carbocycles. The number of oxime groups is 1. The van der Waals surface area contributed by atoms with Crippen molar-refractivity contribution < 1.29 is 23.2 Å². The van der Waals surface area contributed by atoms with Crippen LogP contribution in [0.2, 0.25) is 0 Å². The van der Waals surface area contributed by atoms with E-state index in [1.165, 1.54) is 12.1 Å². The molecular weight excluding hydrogens is 274 g/mol. The summed E-state index contributed by atoms with van der Waals surface area (Å²) in [4.78, 5) is 10.8. The summed E-state index contributed by atoms with van der Waals surface area (Å²) in [6.07, 6.45) is -1.10. The molecule has 0 spiro atoms. The Hall–Kier alpha value is -2.29. The molecule has 0 fully saturated rings. The number of hydrogen-bond donors (Lipinski definition) is 3. The summed E-state index contributed by atoms with van der Waals surface area (Å²) in [5.74, 6) is 0. The summed E-state index contributed by atoms with van der Waals surface area (Å²) < 4.78 is 31.0. The van der Waals surface area contributed by atoms with Crippen LogP contribution in [0.5, 0.6) is 0 Å². The van der Waals surface area contributed by atoms with Gasteiger partial charge in [0, 0.05) is 5.56 Å². The number of carbonyl (C=O) groups is 1. The molecular formula is C10H13N3O5S. The van der Waals surface area contributed by atoms with Gasteiger partial charge in [0.25, 0.3) is 0 Å². The van der Waals surface area contributed by atoms with Gasteiger partial charge in [-0.25, -0.2) is 9.52 Å². The van der Waals surface area contributed by atoms with Gasteiger partial charge in [0.1, 0.15) is 0 Å². The highest BCUT2D eigenvalue weighted by Gasteiger charge is 2.14. The van der Waals surface area contributed by atoms with Crippen molar-refractivity contribution in [2.75, 3.05) is 11.8 Å². The van der Waals surface area contributed by atoms with E-state index < -0.39 is 16.3 Å². The molecule has 9 heteroatoms. The zero-order valence-corrected chi connectivity index (χ0v) is 11.1. The Kier molecular flexibility index (Phi) is 4.70. The molecule has 0 aliphatic heterocycles. The highest BCUT2D eigenvalue weighted by molar-refractivity contribution is 7.91. The lowest BCUT2D eigenvalue weighted by molar-refractivity contribution is 0.177. The first kappa shape index (κ1) is 14.8. The Morgan fingerprint density at radius 1 is 1.42 bits per heavy atom. The molecule has 0 bridgehead atoms. The third kappa shape index (κ3) is 4.47. The zero-order chi connectivity index (χ0) is 14.5. The van der Waals surface area contributed by atoms with E-state index in [4.69, 9.17) is 5.21 Å². The molecule has 0 heterocycles. The van der Waals surface area contributed by atoms with Crippen LogP contribution in [0.1, 0.15) is 12.5 Å². The van der Waals surface area contributed by atoms with Crippen molar-refractivity contribution in [3.05, 3.63) is 29.8 Å². The second-order valence-electron chi connectivity index (χ2n) is 3.47. The number of methoxy groups -OCH3 is 1. The fourth-order valence-corrected chi connectivity index (χ4v) is 1.99. The lowest BCUT2D eigenvalue weighted by atomic mass is 10.1. The average Bonchev–Trinajstić information content (AvgIpc) is 2.36. The maximum atomic E-state index is 11.5. The normalized spacial score (nSPS) is 11.8. The molecule has 0 atom stereocenters. The van der Waals surface area contributed by atoms with Crippen LogP contribution < -0.4 is 9.44 Å². The second kappa shape index (κ2) is 6.05. The number of carbonyl (C=O) groups excluding carboxylic acids is 1. The van der Waals surface area contributed by atoms with Gasteiger partial charge in [-0.1, -0.05) is 17.3 Å². The molecule has 8 nitrogen and oxygen atoms in total. The summed E-state index contributed by atoms with van der Waals surface area (Å²) in [5, 5.41) is 11.6. The summed E-state index contributed by atoms with van der Waals surface area (Å²) in [5.41, 5.74) is 1.06. The minimum Gasteiger partial charge on any atom is -0.452 e. The quantitative estimate of drug-likeness (QED) is 0.432. The van der Waals surface area contributed by atoms with Crippen molar-refractivity contribution in [3.8, 4) is 0 Å². The van der Waals surface area contributed by atoms with E-state index in [-0.39, 0.29) is 5.69 Å². The molecule has 0 aliphatic rings. The van der Waals surface area contributed by atoms with Crippen LogP contribution in [0.15, 0.2) is 29.4 Å². The van der Waals surface area contributed by atoms with Gasteiger partial charge < -0.3 is 9.94 Å². The first-order valence-corrected chi connectivity index (χ1v) is 6.54. The van der Waals surface area contributed by atoms with Crippen LogP contribution in [0.25, 0.3) is 0 Å². The van der Waals surface area contributed by atoms with Gasteiger partial charge in [-0.05, 0) is 19.1 Å². The van der Waals surface area contributed by atoms with Crippen molar-refractivity contribution in [1.82, 2.24) is 4.72 Å². The molecule has 104 valence electrons. The van der Waals surface area contributed by atoms with E-state index in [1.54, 1.807) is 23.8 Å². The third-order valence-electron chi connectivity index (χ3n) is 2.09. The Balaban J connectivity index is 2.91. The molecule has 0 aliphatic carbocycles. The van der Waals surface area contributed by atoms with Gasteiger partial charge >= 0.3 is 16.3 Å². The lowest BCUT2D eigenvalue weighted by Gasteiger charge is -2.09. The molecule has 0 saturated heterocycles. The SMILES string of the molecule is COC(=O)NS(=O)(=O)Nc1cccc(/C(C)=N/O)c1. The van der Waals surface area contributed by atoms with Crippen molar-refractivity contribution in [3.63, 3.8) is 0 Å². The predicted octanol–water partition coefficient (Wildman–Crippen LogP) is 0.897. The van der Waals surface area contributed by atoms with Gasteiger partial charge in [0.05, 0.1) is 18.5 Å². The van der Waals surface area contributed by atoms with E-state index in [9.17, 15) is 13.2 Å². The van der Waals surface area contributed by atoms with Crippen molar-refractivity contribution in [2.45, 2.75) is 6.92 Å². The number of nitrogens with one attached hydrogen (secondary N) is 2. The predicted molar refractivity (Wildman–Crippen MR) is 68.5 cm³/mol. The van der Waals surface area contributed by atoms with Gasteiger partial charge in [-0.2, -0.15) is 8.42 Å². The molecule has 1 amide bonds. The van der Waals surface area contributed by atoms with E-state index in [1.807, 2.05) is 0 Å². The zero-order valence-electron chi connectivity index (χ0n) is 10.2. The molecule has 3 N–H and O–H groups in total. The summed E-state index contributed by atoms with van der Waals surface area (Å²) in [6.45, 7) is 1.56. The number of anilines is 1. The van der Waals surface area contributed by atoms with Gasteiger partial charge in [0.2, 0.25) is 0 Å². The van der Waals surface area contributed by atoms with Crippen LogP contribution >= 0.6 is 0 Å². The van der Waals surface area contributed by atoms with Crippen LogP contribution in [0.3, 0.4) is 0 Å². The van der Waals surface area contributed by atoms with Gasteiger partial charge in [-0.3, -0.25) is 4.72 Å². The Morgan fingerprint density at radius 3 is 2.68 bits per heavy atom. The minimum absolute atomic E-state index is 0.205. The number of nitrogens with zero attached hydrogens (tertiary/aromatic N) is 1. The third-order valence-corrected chi connectivity index (χ3v) is 3.03. The largest absolute Gasteiger partial charge is 0.452 e. The molecule has 1 aromatic carbocycles. The topological polar surface area (TPSA) is 117 Å². The van der Waals surface area contributed by atoms with Crippen molar-refractivity contribution >= 4 is 27.7 Å². The molecule has 0 radical (unpaired) electrons. The number of benzene rings is 1. The van der Waals surface area contributed by atoms with E-state index in [2.05, 4.69) is 14.6 Å². The first-order valence-electron chi connectivity index (χ1n) is 5.05.